The summed E-state index contributed by atoms with van der Waals surface area (Å²) in [4.78, 5) is 10.8. The van der Waals surface area contributed by atoms with E-state index in [1.165, 1.54) is 7.11 Å². The first-order valence-electron chi connectivity index (χ1n) is 4.35. The van der Waals surface area contributed by atoms with Gasteiger partial charge in [-0.25, -0.2) is 0 Å². The molecule has 1 rings (SSSR count). The molecule has 0 aromatic rings. The van der Waals surface area contributed by atoms with Crippen molar-refractivity contribution in [3.05, 3.63) is 23.8 Å². The quantitative estimate of drug-likeness (QED) is 0.667. The van der Waals surface area contributed by atoms with Gasteiger partial charge in [-0.1, -0.05) is 18.2 Å². The summed E-state index contributed by atoms with van der Waals surface area (Å²) in [5, 5.41) is 9.56. The Balaban J connectivity index is 2.47. The lowest BCUT2D eigenvalue weighted by atomic mass is 10.0. The van der Waals surface area contributed by atoms with Crippen LogP contribution in [0.15, 0.2) is 23.8 Å². The maximum Gasteiger partial charge on any atom is 0.308 e. The largest absolute Gasteiger partial charge is 0.469 e. The molecule has 0 heterocycles. The van der Waals surface area contributed by atoms with Gasteiger partial charge in [-0.2, -0.15) is 0 Å². The first kappa shape index (κ1) is 9.99. The standard InChI is InChI=1S/C10H14O3/c1-13-10(12)7-9(11)8-5-3-2-4-6-8/h3,5-6,9,11H,2,4,7H2,1H3. The third kappa shape index (κ3) is 3.03. The molecule has 0 aromatic carbocycles. The lowest BCUT2D eigenvalue weighted by Gasteiger charge is -2.12. The van der Waals surface area contributed by atoms with E-state index in [1.54, 1.807) is 0 Å². The summed E-state index contributed by atoms with van der Waals surface area (Å²) < 4.78 is 4.46. The third-order valence-electron chi connectivity index (χ3n) is 2.00. The third-order valence-corrected chi connectivity index (χ3v) is 2.00. The van der Waals surface area contributed by atoms with E-state index in [9.17, 15) is 9.90 Å². The van der Waals surface area contributed by atoms with Crippen LogP contribution >= 0.6 is 0 Å². The fourth-order valence-electron chi connectivity index (χ4n) is 1.24. The van der Waals surface area contributed by atoms with Crippen molar-refractivity contribution in [1.82, 2.24) is 0 Å². The molecule has 0 spiro atoms. The van der Waals surface area contributed by atoms with E-state index in [-0.39, 0.29) is 12.4 Å². The van der Waals surface area contributed by atoms with Gasteiger partial charge in [0.1, 0.15) is 0 Å². The molecule has 0 aliphatic heterocycles. The zero-order valence-corrected chi connectivity index (χ0v) is 7.69. The second-order valence-electron chi connectivity index (χ2n) is 2.98. The van der Waals surface area contributed by atoms with Gasteiger partial charge in [0.05, 0.1) is 19.6 Å². The molecular weight excluding hydrogens is 168 g/mol. The maximum absolute atomic E-state index is 10.8. The monoisotopic (exact) mass is 182 g/mol. The van der Waals surface area contributed by atoms with E-state index in [0.29, 0.717) is 0 Å². The highest BCUT2D eigenvalue weighted by molar-refractivity contribution is 5.70. The van der Waals surface area contributed by atoms with Crippen LogP contribution in [0.4, 0.5) is 0 Å². The number of rotatable bonds is 3. The Morgan fingerprint density at radius 3 is 3.00 bits per heavy atom. The molecule has 1 N–H and O–H groups in total. The van der Waals surface area contributed by atoms with Crippen LogP contribution in [0.1, 0.15) is 19.3 Å². The van der Waals surface area contributed by atoms with Crippen LogP contribution in [0.5, 0.6) is 0 Å². The Labute approximate surface area is 77.7 Å². The summed E-state index contributed by atoms with van der Waals surface area (Å²) in [6.07, 6.45) is 7.06. The van der Waals surface area contributed by atoms with Gasteiger partial charge in [0.25, 0.3) is 0 Å². The molecule has 0 saturated carbocycles. The fraction of sp³-hybridized carbons (Fsp3) is 0.500. The number of carbonyl (C=O) groups is 1. The molecule has 3 heteroatoms. The van der Waals surface area contributed by atoms with Crippen LogP contribution < -0.4 is 0 Å². The molecule has 3 nitrogen and oxygen atoms in total. The van der Waals surface area contributed by atoms with Crippen molar-refractivity contribution >= 4 is 5.97 Å². The normalized spacial score (nSPS) is 17.8. The highest BCUT2D eigenvalue weighted by Gasteiger charge is 2.14. The zero-order chi connectivity index (χ0) is 9.68. The SMILES string of the molecule is COC(=O)CC(O)C1=CCCC=C1. The summed E-state index contributed by atoms with van der Waals surface area (Å²) in [6.45, 7) is 0. The van der Waals surface area contributed by atoms with Crippen LogP contribution in [0, 0.1) is 0 Å². The summed E-state index contributed by atoms with van der Waals surface area (Å²) in [5.41, 5.74) is 0.816. The van der Waals surface area contributed by atoms with E-state index < -0.39 is 6.10 Å². The van der Waals surface area contributed by atoms with E-state index in [4.69, 9.17) is 0 Å². The van der Waals surface area contributed by atoms with Gasteiger partial charge < -0.3 is 9.84 Å². The summed E-state index contributed by atoms with van der Waals surface area (Å²) in [7, 11) is 1.32. The molecular formula is C10H14O3. The summed E-state index contributed by atoms with van der Waals surface area (Å²) >= 11 is 0. The number of hydrogen-bond acceptors (Lipinski definition) is 3. The Bertz CT molecular complexity index is 241. The van der Waals surface area contributed by atoms with Crippen molar-refractivity contribution < 1.29 is 14.6 Å². The second kappa shape index (κ2) is 4.82. The lowest BCUT2D eigenvalue weighted by molar-refractivity contribution is -0.142. The van der Waals surface area contributed by atoms with E-state index >= 15 is 0 Å². The van der Waals surface area contributed by atoms with Gasteiger partial charge in [-0.3, -0.25) is 4.79 Å². The molecule has 1 aliphatic carbocycles. The molecule has 13 heavy (non-hydrogen) atoms. The first-order valence-corrected chi connectivity index (χ1v) is 4.35. The molecule has 72 valence electrons. The van der Waals surface area contributed by atoms with Crippen molar-refractivity contribution in [1.29, 1.82) is 0 Å². The summed E-state index contributed by atoms with van der Waals surface area (Å²) in [5.74, 6) is -0.382. The van der Waals surface area contributed by atoms with Gasteiger partial charge in [0, 0.05) is 0 Å². The predicted molar refractivity (Wildman–Crippen MR) is 49.1 cm³/mol. The molecule has 1 aliphatic rings. The topological polar surface area (TPSA) is 46.5 Å². The summed E-state index contributed by atoms with van der Waals surface area (Å²) in [6, 6.07) is 0. The Hall–Kier alpha value is -1.09. The Morgan fingerprint density at radius 1 is 1.69 bits per heavy atom. The maximum atomic E-state index is 10.8. The Morgan fingerprint density at radius 2 is 2.46 bits per heavy atom. The number of carbonyl (C=O) groups excluding carboxylic acids is 1. The molecule has 1 atom stereocenters. The van der Waals surface area contributed by atoms with Gasteiger partial charge in [-0.05, 0) is 18.4 Å². The van der Waals surface area contributed by atoms with Gasteiger partial charge in [-0.15, -0.1) is 0 Å². The zero-order valence-electron chi connectivity index (χ0n) is 7.69. The number of aliphatic hydroxyl groups is 1. The van der Waals surface area contributed by atoms with E-state index in [1.807, 2.05) is 18.2 Å². The van der Waals surface area contributed by atoms with Crippen molar-refractivity contribution in [3.63, 3.8) is 0 Å². The van der Waals surface area contributed by atoms with Gasteiger partial charge in [0.2, 0.25) is 0 Å². The average Bonchev–Trinajstić information content (AvgIpc) is 2.19. The minimum atomic E-state index is -0.719. The number of allylic oxidation sites excluding steroid dienone is 2. The van der Waals surface area contributed by atoms with E-state index in [0.717, 1.165) is 18.4 Å². The van der Waals surface area contributed by atoms with Crippen molar-refractivity contribution in [2.75, 3.05) is 7.11 Å². The van der Waals surface area contributed by atoms with Crippen LogP contribution in [0.25, 0.3) is 0 Å². The fourth-order valence-corrected chi connectivity index (χ4v) is 1.24. The number of esters is 1. The molecule has 0 amide bonds. The molecule has 0 bridgehead atoms. The number of methoxy groups -OCH3 is 1. The van der Waals surface area contributed by atoms with Crippen molar-refractivity contribution in [3.8, 4) is 0 Å². The highest BCUT2D eigenvalue weighted by Crippen LogP contribution is 2.15. The number of ether oxygens (including phenoxy) is 1. The predicted octanol–water partition coefficient (Wildman–Crippen LogP) is 1.19. The minimum absolute atomic E-state index is 0.0344. The molecule has 1 unspecified atom stereocenters. The first-order chi connectivity index (χ1) is 6.24. The van der Waals surface area contributed by atoms with Crippen molar-refractivity contribution in [2.45, 2.75) is 25.4 Å². The van der Waals surface area contributed by atoms with Crippen LogP contribution in [-0.4, -0.2) is 24.3 Å². The molecule has 0 fully saturated rings. The van der Waals surface area contributed by atoms with Gasteiger partial charge >= 0.3 is 5.97 Å². The molecule has 0 aromatic heterocycles. The van der Waals surface area contributed by atoms with Gasteiger partial charge in [0.15, 0.2) is 0 Å². The molecule has 0 radical (unpaired) electrons. The average molecular weight is 182 g/mol. The van der Waals surface area contributed by atoms with Crippen LogP contribution in [0.3, 0.4) is 0 Å². The van der Waals surface area contributed by atoms with Crippen molar-refractivity contribution in [2.24, 2.45) is 0 Å². The van der Waals surface area contributed by atoms with Crippen LogP contribution in [-0.2, 0) is 9.53 Å². The number of hydrogen-bond donors (Lipinski definition) is 1. The highest BCUT2D eigenvalue weighted by atomic mass is 16.5. The van der Waals surface area contributed by atoms with E-state index in [2.05, 4.69) is 4.74 Å². The second-order valence-corrected chi connectivity index (χ2v) is 2.98. The Kier molecular flexibility index (Phi) is 3.71. The smallest absolute Gasteiger partial charge is 0.308 e. The number of aliphatic hydroxyl groups excluding tert-OH is 1. The van der Waals surface area contributed by atoms with Crippen LogP contribution in [0.2, 0.25) is 0 Å². The minimum Gasteiger partial charge on any atom is -0.469 e. The lowest BCUT2D eigenvalue weighted by Crippen LogP contribution is -2.16. The molecule has 0 saturated heterocycles.